The topological polar surface area (TPSA) is 123 Å². The van der Waals surface area contributed by atoms with E-state index < -0.39 is 23.7 Å². The van der Waals surface area contributed by atoms with Crippen LogP contribution in [0.2, 0.25) is 0 Å². The molecule has 2 saturated heterocycles. The van der Waals surface area contributed by atoms with Crippen LogP contribution in [0.15, 0.2) is 21.5 Å². The predicted molar refractivity (Wildman–Crippen MR) is 119 cm³/mol. The van der Waals surface area contributed by atoms with Gasteiger partial charge >= 0.3 is 5.97 Å². The van der Waals surface area contributed by atoms with Crippen molar-refractivity contribution in [2.24, 2.45) is 0 Å². The first-order valence-corrected chi connectivity index (χ1v) is 11.3. The molecule has 12 heteroatoms. The molecule has 1 N–H and O–H groups in total. The van der Waals surface area contributed by atoms with E-state index in [1.54, 1.807) is 17.9 Å². The highest BCUT2D eigenvalue weighted by Gasteiger charge is 2.37. The molecule has 0 spiro atoms. The Morgan fingerprint density at radius 1 is 1.22 bits per heavy atom. The molecule has 3 rings (SSSR count). The van der Waals surface area contributed by atoms with Crippen LogP contribution in [0.4, 0.5) is 4.79 Å². The van der Waals surface area contributed by atoms with Gasteiger partial charge in [-0.15, -0.1) is 0 Å². The average Bonchev–Trinajstić information content (AvgIpc) is 3.02. The first-order chi connectivity index (χ1) is 15.3. The van der Waals surface area contributed by atoms with E-state index in [4.69, 9.17) is 19.3 Å². The zero-order valence-electron chi connectivity index (χ0n) is 17.2. The fraction of sp³-hybridized carbons (Fsp3) is 0.400. The zero-order valence-corrected chi connectivity index (χ0v) is 19.6. The number of carboxylic acids is 1. The van der Waals surface area contributed by atoms with Crippen molar-refractivity contribution >= 4 is 56.8 Å². The molecule has 10 nitrogen and oxygen atoms in total. The summed E-state index contributed by atoms with van der Waals surface area (Å²) in [6.45, 7) is 2.91. The normalized spacial score (nSPS) is 17.8. The summed E-state index contributed by atoms with van der Waals surface area (Å²) in [6.07, 6.45) is 1.51. The average molecular weight is 529 g/mol. The molecule has 2 fully saturated rings. The van der Waals surface area contributed by atoms with Gasteiger partial charge in [0.15, 0.2) is 18.1 Å². The van der Waals surface area contributed by atoms with Crippen molar-refractivity contribution in [1.29, 1.82) is 0 Å². The lowest BCUT2D eigenvalue weighted by molar-refractivity contribution is -0.139. The summed E-state index contributed by atoms with van der Waals surface area (Å²) in [7, 11) is 0. The molecule has 0 unspecified atom stereocenters. The Bertz CT molecular complexity index is 961. The first-order valence-electron chi connectivity index (χ1n) is 9.72. The van der Waals surface area contributed by atoms with Crippen LogP contribution in [0.5, 0.6) is 11.5 Å². The largest absolute Gasteiger partial charge is 0.490 e. The quantitative estimate of drug-likeness (QED) is 0.505. The third-order valence-electron chi connectivity index (χ3n) is 4.53. The number of benzene rings is 1. The second-order valence-corrected chi connectivity index (χ2v) is 8.54. The number of morpholine rings is 1. The molecule has 0 radical (unpaired) electrons. The van der Waals surface area contributed by atoms with Crippen molar-refractivity contribution in [1.82, 2.24) is 9.80 Å². The third kappa shape index (κ3) is 5.81. The van der Waals surface area contributed by atoms with Crippen LogP contribution in [0, 0.1) is 0 Å². The van der Waals surface area contributed by atoms with Gasteiger partial charge < -0.3 is 24.2 Å². The number of hydrogen-bond donors (Lipinski definition) is 1. The smallest absolute Gasteiger partial charge is 0.341 e. The van der Waals surface area contributed by atoms with Gasteiger partial charge in [-0.2, -0.15) is 0 Å². The molecule has 3 amide bonds. The summed E-state index contributed by atoms with van der Waals surface area (Å²) >= 11 is 4.11. The Hall–Kier alpha value is -2.57. The summed E-state index contributed by atoms with van der Waals surface area (Å²) < 4.78 is 16.5. The molecule has 172 valence electrons. The number of ether oxygens (including phenoxy) is 3. The number of carbonyl (C=O) groups excluding carboxylic acids is 3. The molecule has 1 aromatic carbocycles. The van der Waals surface area contributed by atoms with Crippen molar-refractivity contribution in [3.05, 3.63) is 27.1 Å². The molecule has 32 heavy (non-hydrogen) atoms. The molecule has 1 aromatic rings. The van der Waals surface area contributed by atoms with E-state index in [1.807, 2.05) is 0 Å². The minimum atomic E-state index is -1.13. The van der Waals surface area contributed by atoms with Gasteiger partial charge in [-0.25, -0.2) is 4.79 Å². The molecule has 0 saturated carbocycles. The molecule has 0 aromatic heterocycles. The minimum absolute atomic E-state index is 0.159. The number of nitrogens with zero attached hydrogens (tertiary/aromatic N) is 2. The molecular weight excluding hydrogens is 508 g/mol. The maximum absolute atomic E-state index is 12.8. The molecule has 2 aliphatic heterocycles. The Morgan fingerprint density at radius 3 is 2.56 bits per heavy atom. The van der Waals surface area contributed by atoms with E-state index in [9.17, 15) is 19.2 Å². The molecule has 0 atom stereocenters. The third-order valence-corrected chi connectivity index (χ3v) is 6.13. The highest BCUT2D eigenvalue weighted by atomic mass is 79.9. The van der Waals surface area contributed by atoms with Crippen LogP contribution in [0.25, 0.3) is 6.08 Å². The van der Waals surface area contributed by atoms with Gasteiger partial charge in [0.25, 0.3) is 11.1 Å². The highest BCUT2D eigenvalue weighted by Crippen LogP contribution is 2.38. The number of carbonyl (C=O) groups is 4. The van der Waals surface area contributed by atoms with Crippen LogP contribution in [0.3, 0.4) is 0 Å². The number of halogens is 1. The van der Waals surface area contributed by atoms with Crippen LogP contribution >= 0.6 is 27.7 Å². The van der Waals surface area contributed by atoms with Crippen LogP contribution < -0.4 is 9.47 Å². The Labute approximate surface area is 196 Å². The van der Waals surface area contributed by atoms with E-state index in [0.717, 1.165) is 16.7 Å². The van der Waals surface area contributed by atoms with E-state index in [1.165, 1.54) is 12.1 Å². The summed E-state index contributed by atoms with van der Waals surface area (Å²) in [5.74, 6) is -1.48. The maximum atomic E-state index is 12.8. The fourth-order valence-corrected chi connectivity index (χ4v) is 4.27. The molecule has 2 aliphatic rings. The lowest BCUT2D eigenvalue weighted by Gasteiger charge is -2.28. The van der Waals surface area contributed by atoms with Crippen molar-refractivity contribution in [2.45, 2.75) is 6.92 Å². The number of thioether (sulfide) groups is 1. The Morgan fingerprint density at radius 2 is 1.91 bits per heavy atom. The summed E-state index contributed by atoms with van der Waals surface area (Å²) in [5.41, 5.74) is 0.529. The van der Waals surface area contributed by atoms with Crippen LogP contribution in [-0.2, 0) is 19.1 Å². The standard InChI is InChI=1S/C20H21BrN2O8S/c1-2-30-14-7-12(13(21)9-15(14)31-11-18(25)26)8-16-19(27)23(20(28)32-16)10-17(24)22-3-5-29-6-4-22/h7-9H,2-6,10-11H2,1H3,(H,25,26)/b16-8+. The lowest BCUT2D eigenvalue weighted by Crippen LogP contribution is -2.46. The second-order valence-electron chi connectivity index (χ2n) is 6.70. The van der Waals surface area contributed by atoms with E-state index in [2.05, 4.69) is 15.9 Å². The van der Waals surface area contributed by atoms with Crippen molar-refractivity contribution in [3.63, 3.8) is 0 Å². The number of imide groups is 1. The van der Waals surface area contributed by atoms with Gasteiger partial charge in [-0.1, -0.05) is 15.9 Å². The minimum Gasteiger partial charge on any atom is -0.490 e. The van der Waals surface area contributed by atoms with E-state index in [0.29, 0.717) is 48.7 Å². The lowest BCUT2D eigenvalue weighted by atomic mass is 10.1. The van der Waals surface area contributed by atoms with Gasteiger partial charge in [0.05, 0.1) is 24.7 Å². The van der Waals surface area contributed by atoms with E-state index >= 15 is 0 Å². The zero-order chi connectivity index (χ0) is 23.3. The van der Waals surface area contributed by atoms with Crippen LogP contribution in [0.1, 0.15) is 12.5 Å². The maximum Gasteiger partial charge on any atom is 0.341 e. The van der Waals surface area contributed by atoms with Crippen molar-refractivity contribution < 1.29 is 38.5 Å². The summed E-state index contributed by atoms with van der Waals surface area (Å²) in [5, 5.41) is 8.31. The second kappa shape index (κ2) is 10.8. The van der Waals surface area contributed by atoms with Gasteiger partial charge in [0.2, 0.25) is 5.91 Å². The molecule has 2 heterocycles. The predicted octanol–water partition coefficient (Wildman–Crippen LogP) is 2.21. The first kappa shape index (κ1) is 24.1. The number of aliphatic carboxylic acids is 1. The summed E-state index contributed by atoms with van der Waals surface area (Å²) in [6, 6.07) is 3.11. The molecular formula is C20H21BrN2O8S. The highest BCUT2D eigenvalue weighted by molar-refractivity contribution is 9.10. The van der Waals surface area contributed by atoms with Crippen LogP contribution in [-0.4, -0.2) is 84.0 Å². The number of hydrogen-bond acceptors (Lipinski definition) is 8. The van der Waals surface area contributed by atoms with Crippen molar-refractivity contribution in [3.8, 4) is 11.5 Å². The monoisotopic (exact) mass is 528 g/mol. The molecule has 0 aliphatic carbocycles. The van der Waals surface area contributed by atoms with Gasteiger partial charge in [0, 0.05) is 17.6 Å². The number of rotatable bonds is 8. The van der Waals surface area contributed by atoms with Gasteiger partial charge in [-0.05, 0) is 42.5 Å². The SMILES string of the molecule is CCOc1cc(/C=C2/SC(=O)N(CC(=O)N3CCOCC3)C2=O)c(Br)cc1OCC(=O)O. The summed E-state index contributed by atoms with van der Waals surface area (Å²) in [4.78, 5) is 51.1. The number of carboxylic acid groups (broad SMARTS) is 1. The Kier molecular flexibility index (Phi) is 8.15. The number of amides is 3. The van der Waals surface area contributed by atoms with Gasteiger partial charge in [0.1, 0.15) is 6.54 Å². The van der Waals surface area contributed by atoms with Crippen molar-refractivity contribution in [2.75, 3.05) is 46.1 Å². The van der Waals surface area contributed by atoms with Gasteiger partial charge in [-0.3, -0.25) is 19.3 Å². The Balaban J connectivity index is 1.79. The fourth-order valence-electron chi connectivity index (χ4n) is 3.01. The molecule has 0 bridgehead atoms. The van der Waals surface area contributed by atoms with E-state index in [-0.39, 0.29) is 23.1 Å².